The number of nitrogens with zero attached hydrogens (tertiary/aromatic N) is 1. The molecule has 4 heteroatoms. The zero-order chi connectivity index (χ0) is 12.1. The lowest BCUT2D eigenvalue weighted by Crippen LogP contribution is -2.22. The summed E-state index contributed by atoms with van der Waals surface area (Å²) < 4.78 is 11.0. The molecule has 0 saturated carbocycles. The monoisotopic (exact) mass is 236 g/mol. The molecule has 94 valence electrons. The number of nitrogens with one attached hydrogen (secondary N) is 1. The number of hydrogen-bond donors (Lipinski definition) is 1. The van der Waals surface area contributed by atoms with Gasteiger partial charge in [-0.05, 0) is 6.07 Å². The van der Waals surface area contributed by atoms with Gasteiger partial charge in [-0.1, -0.05) is 19.9 Å². The van der Waals surface area contributed by atoms with E-state index in [4.69, 9.17) is 9.47 Å². The summed E-state index contributed by atoms with van der Waals surface area (Å²) in [5, 5.41) is 3.34. The van der Waals surface area contributed by atoms with Gasteiger partial charge in [-0.25, -0.2) is 4.98 Å². The Hall–Kier alpha value is -1.13. The Morgan fingerprint density at radius 3 is 3.12 bits per heavy atom. The van der Waals surface area contributed by atoms with Crippen LogP contribution < -0.4 is 10.1 Å². The Morgan fingerprint density at radius 1 is 1.53 bits per heavy atom. The van der Waals surface area contributed by atoms with Crippen LogP contribution in [0, 0.1) is 0 Å². The lowest BCUT2D eigenvalue weighted by atomic mass is 10.3. The number of rotatable bonds is 5. The van der Waals surface area contributed by atoms with E-state index in [0.29, 0.717) is 18.5 Å². The molecule has 1 atom stereocenters. The molecule has 2 rings (SSSR count). The Balaban J connectivity index is 1.91. The summed E-state index contributed by atoms with van der Waals surface area (Å²) in [7, 11) is 0. The second-order valence-electron chi connectivity index (χ2n) is 4.61. The normalized spacial score (nSPS) is 19.8. The van der Waals surface area contributed by atoms with Crippen LogP contribution in [0.25, 0.3) is 0 Å². The van der Waals surface area contributed by atoms with E-state index in [9.17, 15) is 0 Å². The van der Waals surface area contributed by atoms with E-state index in [-0.39, 0.29) is 6.10 Å². The van der Waals surface area contributed by atoms with Crippen LogP contribution in [-0.4, -0.2) is 30.3 Å². The minimum atomic E-state index is 0.163. The van der Waals surface area contributed by atoms with E-state index in [0.717, 1.165) is 25.3 Å². The summed E-state index contributed by atoms with van der Waals surface area (Å²) in [6.07, 6.45) is 1.12. The van der Waals surface area contributed by atoms with Crippen LogP contribution in [0.15, 0.2) is 18.2 Å². The standard InChI is InChI=1S/C13H20N2O2/c1-10(2)14-8-11-4-3-5-13(15-11)17-12-6-7-16-9-12/h3-5,10,12,14H,6-9H2,1-2H3. The first-order chi connectivity index (χ1) is 8.24. The van der Waals surface area contributed by atoms with Crippen molar-refractivity contribution in [2.24, 2.45) is 0 Å². The third kappa shape index (κ3) is 3.98. The lowest BCUT2D eigenvalue weighted by Gasteiger charge is -2.12. The van der Waals surface area contributed by atoms with Crippen molar-refractivity contribution in [1.29, 1.82) is 0 Å². The highest BCUT2D eigenvalue weighted by atomic mass is 16.5. The van der Waals surface area contributed by atoms with Gasteiger partial charge < -0.3 is 14.8 Å². The highest BCUT2D eigenvalue weighted by Crippen LogP contribution is 2.14. The van der Waals surface area contributed by atoms with E-state index in [2.05, 4.69) is 24.1 Å². The number of aromatic nitrogens is 1. The Kier molecular flexibility index (Phi) is 4.34. The van der Waals surface area contributed by atoms with Gasteiger partial charge in [0, 0.05) is 25.1 Å². The Bertz CT molecular complexity index is 349. The molecule has 1 N–H and O–H groups in total. The van der Waals surface area contributed by atoms with Gasteiger partial charge in [0.2, 0.25) is 5.88 Å². The predicted octanol–water partition coefficient (Wildman–Crippen LogP) is 1.75. The van der Waals surface area contributed by atoms with Crippen molar-refractivity contribution < 1.29 is 9.47 Å². The average Bonchev–Trinajstić information content (AvgIpc) is 2.80. The molecular weight excluding hydrogens is 216 g/mol. The van der Waals surface area contributed by atoms with E-state index in [1.165, 1.54) is 0 Å². The van der Waals surface area contributed by atoms with Crippen molar-refractivity contribution in [3.8, 4) is 5.88 Å². The maximum Gasteiger partial charge on any atom is 0.213 e. The van der Waals surface area contributed by atoms with Gasteiger partial charge in [-0.3, -0.25) is 0 Å². The highest BCUT2D eigenvalue weighted by molar-refractivity contribution is 5.16. The summed E-state index contributed by atoms with van der Waals surface area (Å²) >= 11 is 0. The maximum atomic E-state index is 5.76. The molecule has 1 aromatic rings. The zero-order valence-electron chi connectivity index (χ0n) is 10.5. The van der Waals surface area contributed by atoms with Gasteiger partial charge >= 0.3 is 0 Å². The molecule has 0 amide bonds. The smallest absolute Gasteiger partial charge is 0.213 e. The topological polar surface area (TPSA) is 43.4 Å². The molecule has 0 aliphatic carbocycles. The van der Waals surface area contributed by atoms with Crippen molar-refractivity contribution in [2.45, 2.75) is 39.0 Å². The van der Waals surface area contributed by atoms with Gasteiger partial charge in [0.15, 0.2) is 0 Å². The van der Waals surface area contributed by atoms with Crippen LogP contribution in [0.2, 0.25) is 0 Å². The summed E-state index contributed by atoms with van der Waals surface area (Å²) in [5.41, 5.74) is 1.01. The number of hydrogen-bond acceptors (Lipinski definition) is 4. The highest BCUT2D eigenvalue weighted by Gasteiger charge is 2.17. The maximum absolute atomic E-state index is 5.76. The molecule has 1 unspecified atom stereocenters. The van der Waals surface area contributed by atoms with Crippen LogP contribution in [-0.2, 0) is 11.3 Å². The molecular formula is C13H20N2O2. The molecule has 1 saturated heterocycles. The first-order valence-corrected chi connectivity index (χ1v) is 6.18. The minimum absolute atomic E-state index is 0.163. The molecule has 1 aliphatic rings. The van der Waals surface area contributed by atoms with Crippen molar-refractivity contribution in [3.05, 3.63) is 23.9 Å². The minimum Gasteiger partial charge on any atom is -0.472 e. The van der Waals surface area contributed by atoms with Gasteiger partial charge in [0.1, 0.15) is 6.10 Å². The number of pyridine rings is 1. The van der Waals surface area contributed by atoms with Crippen molar-refractivity contribution in [1.82, 2.24) is 10.3 Å². The van der Waals surface area contributed by atoms with Crippen LogP contribution in [0.3, 0.4) is 0 Å². The molecule has 1 fully saturated rings. The quantitative estimate of drug-likeness (QED) is 0.846. The molecule has 2 heterocycles. The Morgan fingerprint density at radius 2 is 2.41 bits per heavy atom. The fourth-order valence-electron chi connectivity index (χ4n) is 1.71. The summed E-state index contributed by atoms with van der Waals surface area (Å²) in [6.45, 7) is 6.48. The van der Waals surface area contributed by atoms with E-state index in [1.54, 1.807) is 0 Å². The summed E-state index contributed by atoms with van der Waals surface area (Å²) in [4.78, 5) is 4.47. The lowest BCUT2D eigenvalue weighted by molar-refractivity contribution is 0.138. The number of ether oxygens (including phenoxy) is 2. The second kappa shape index (κ2) is 5.98. The summed E-state index contributed by atoms with van der Waals surface area (Å²) in [5.74, 6) is 0.698. The van der Waals surface area contributed by atoms with Gasteiger partial charge in [0.05, 0.1) is 18.9 Å². The van der Waals surface area contributed by atoms with Crippen molar-refractivity contribution >= 4 is 0 Å². The second-order valence-corrected chi connectivity index (χ2v) is 4.61. The fraction of sp³-hybridized carbons (Fsp3) is 0.615. The van der Waals surface area contributed by atoms with E-state index in [1.807, 2.05) is 18.2 Å². The largest absolute Gasteiger partial charge is 0.472 e. The average molecular weight is 236 g/mol. The fourth-order valence-corrected chi connectivity index (χ4v) is 1.71. The van der Waals surface area contributed by atoms with Crippen LogP contribution in [0.4, 0.5) is 0 Å². The summed E-state index contributed by atoms with van der Waals surface area (Å²) in [6, 6.07) is 6.35. The molecule has 17 heavy (non-hydrogen) atoms. The van der Waals surface area contributed by atoms with Crippen LogP contribution in [0.5, 0.6) is 5.88 Å². The predicted molar refractivity (Wildman–Crippen MR) is 66.1 cm³/mol. The molecule has 0 bridgehead atoms. The molecule has 0 aromatic carbocycles. The third-order valence-corrected chi connectivity index (χ3v) is 2.65. The van der Waals surface area contributed by atoms with Crippen molar-refractivity contribution in [3.63, 3.8) is 0 Å². The van der Waals surface area contributed by atoms with Gasteiger partial charge in [-0.2, -0.15) is 0 Å². The van der Waals surface area contributed by atoms with E-state index >= 15 is 0 Å². The molecule has 4 nitrogen and oxygen atoms in total. The Labute approximate surface area is 102 Å². The zero-order valence-corrected chi connectivity index (χ0v) is 10.5. The first kappa shape index (κ1) is 12.3. The van der Waals surface area contributed by atoms with E-state index < -0.39 is 0 Å². The molecule has 1 aromatic heterocycles. The van der Waals surface area contributed by atoms with Gasteiger partial charge in [-0.15, -0.1) is 0 Å². The van der Waals surface area contributed by atoms with Crippen molar-refractivity contribution in [2.75, 3.05) is 13.2 Å². The third-order valence-electron chi connectivity index (χ3n) is 2.65. The van der Waals surface area contributed by atoms with Crippen LogP contribution >= 0.6 is 0 Å². The first-order valence-electron chi connectivity index (χ1n) is 6.18. The SMILES string of the molecule is CC(C)NCc1cccc(OC2CCOC2)n1. The van der Waals surface area contributed by atoms with Crippen LogP contribution in [0.1, 0.15) is 26.0 Å². The molecule has 1 aliphatic heterocycles. The van der Waals surface area contributed by atoms with Gasteiger partial charge in [0.25, 0.3) is 0 Å². The molecule has 0 spiro atoms. The molecule has 0 radical (unpaired) electrons.